The van der Waals surface area contributed by atoms with E-state index in [1.54, 1.807) is 4.90 Å². The monoisotopic (exact) mass is 411 g/mol. The summed E-state index contributed by atoms with van der Waals surface area (Å²) in [6, 6.07) is 18.4. The molecule has 5 heteroatoms. The van der Waals surface area contributed by atoms with E-state index in [-0.39, 0.29) is 18.6 Å². The molecule has 0 spiro atoms. The Morgan fingerprint density at radius 3 is 2.43 bits per heavy atom. The molecular weight excluding hydrogens is 378 g/mol. The molecule has 1 saturated heterocycles. The molecule has 5 nitrogen and oxygen atoms in total. The molecule has 2 atom stereocenters. The smallest absolute Gasteiger partial charge is 0.410 e. The van der Waals surface area contributed by atoms with Gasteiger partial charge in [-0.3, -0.25) is 0 Å². The van der Waals surface area contributed by atoms with Gasteiger partial charge in [-0.05, 0) is 63.3 Å². The van der Waals surface area contributed by atoms with Crippen molar-refractivity contribution in [1.29, 1.82) is 0 Å². The third-order valence-corrected chi connectivity index (χ3v) is 5.26. The highest BCUT2D eigenvalue weighted by Gasteiger charge is 2.33. The van der Waals surface area contributed by atoms with Crippen LogP contribution in [-0.4, -0.2) is 47.5 Å². The molecule has 162 valence electrons. The molecule has 0 radical (unpaired) electrons. The molecule has 30 heavy (non-hydrogen) atoms. The first-order valence-corrected chi connectivity index (χ1v) is 10.7. The summed E-state index contributed by atoms with van der Waals surface area (Å²) in [6.45, 7) is 7.08. The fraction of sp³-hybridized carbons (Fsp3) is 0.480. The number of rotatable bonds is 6. The average molecular weight is 412 g/mol. The number of ether oxygens (including phenoxy) is 2. The molecule has 1 fully saturated rings. The Balaban J connectivity index is 1.46. The molecule has 0 aromatic heterocycles. The van der Waals surface area contributed by atoms with E-state index in [9.17, 15) is 9.90 Å². The first-order chi connectivity index (χ1) is 14.3. The normalized spacial score (nSPS) is 19.4. The van der Waals surface area contributed by atoms with Gasteiger partial charge < -0.3 is 19.5 Å². The van der Waals surface area contributed by atoms with Crippen molar-refractivity contribution >= 4 is 6.09 Å². The number of likely N-dealkylation sites (tertiary alicyclic amines) is 1. The predicted molar refractivity (Wildman–Crippen MR) is 118 cm³/mol. The molecule has 0 saturated carbocycles. The number of piperidine rings is 1. The van der Waals surface area contributed by atoms with Gasteiger partial charge in [-0.2, -0.15) is 0 Å². The van der Waals surface area contributed by atoms with Crippen LogP contribution in [0.15, 0.2) is 54.6 Å². The number of amides is 1. The highest BCUT2D eigenvalue weighted by molar-refractivity contribution is 5.68. The quantitative estimate of drug-likeness (QED) is 0.695. The highest BCUT2D eigenvalue weighted by Crippen LogP contribution is 2.30. The van der Waals surface area contributed by atoms with Gasteiger partial charge >= 0.3 is 6.09 Å². The first-order valence-electron chi connectivity index (χ1n) is 10.7. The topological polar surface area (TPSA) is 59.0 Å². The molecule has 1 aliphatic heterocycles. The second-order valence-electron chi connectivity index (χ2n) is 8.90. The Bertz CT molecular complexity index is 798. The number of carbonyl (C=O) groups is 1. The van der Waals surface area contributed by atoms with Crippen LogP contribution in [0, 0.1) is 0 Å². The number of aryl methyl sites for hydroxylation is 1. The highest BCUT2D eigenvalue weighted by atomic mass is 16.6. The number of benzene rings is 2. The summed E-state index contributed by atoms with van der Waals surface area (Å²) in [5.41, 5.74) is 1.86. The van der Waals surface area contributed by atoms with Crippen LogP contribution in [0.25, 0.3) is 0 Å². The standard InChI is InChI=1S/C25H33NO4/c1-25(2,3)30-24(28)26-16-15-22(23(27)18-26)20-11-13-21(14-12-20)29-17-7-10-19-8-5-4-6-9-19/h4-6,8-9,11-14,22-23,27H,7,10,15-18H2,1-3H3. The summed E-state index contributed by atoms with van der Waals surface area (Å²) in [5, 5.41) is 10.6. The largest absolute Gasteiger partial charge is 0.494 e. The van der Waals surface area contributed by atoms with Crippen LogP contribution in [0.1, 0.15) is 50.7 Å². The van der Waals surface area contributed by atoms with E-state index in [0.717, 1.165) is 24.2 Å². The zero-order chi connectivity index (χ0) is 21.6. The van der Waals surface area contributed by atoms with Crippen molar-refractivity contribution in [2.75, 3.05) is 19.7 Å². The second kappa shape index (κ2) is 9.98. The van der Waals surface area contributed by atoms with Gasteiger partial charge in [0.2, 0.25) is 0 Å². The zero-order valence-electron chi connectivity index (χ0n) is 18.2. The third kappa shape index (κ3) is 6.49. The van der Waals surface area contributed by atoms with E-state index in [4.69, 9.17) is 9.47 Å². The summed E-state index contributed by atoms with van der Waals surface area (Å²) in [7, 11) is 0. The van der Waals surface area contributed by atoms with Crippen molar-refractivity contribution in [3.05, 3.63) is 65.7 Å². The number of hydrogen-bond donors (Lipinski definition) is 1. The molecular formula is C25H33NO4. The van der Waals surface area contributed by atoms with Gasteiger partial charge in [0, 0.05) is 12.5 Å². The number of aliphatic hydroxyl groups excluding tert-OH is 1. The van der Waals surface area contributed by atoms with Crippen LogP contribution in [0.2, 0.25) is 0 Å². The van der Waals surface area contributed by atoms with Crippen molar-refractivity contribution in [1.82, 2.24) is 4.90 Å². The van der Waals surface area contributed by atoms with Crippen molar-refractivity contribution in [3.63, 3.8) is 0 Å². The second-order valence-corrected chi connectivity index (χ2v) is 8.90. The summed E-state index contributed by atoms with van der Waals surface area (Å²) in [5.74, 6) is 0.850. The first kappa shape index (κ1) is 22.2. The van der Waals surface area contributed by atoms with Gasteiger partial charge in [0.25, 0.3) is 0 Å². The van der Waals surface area contributed by atoms with Crippen LogP contribution in [-0.2, 0) is 11.2 Å². The zero-order valence-corrected chi connectivity index (χ0v) is 18.2. The molecule has 1 N–H and O–H groups in total. The number of β-amino-alcohol motifs (C(OH)–C–C–N with tert-alkyl or cyclic N) is 1. The van der Waals surface area contributed by atoms with E-state index in [2.05, 4.69) is 24.3 Å². The van der Waals surface area contributed by atoms with Gasteiger partial charge in [-0.15, -0.1) is 0 Å². The van der Waals surface area contributed by atoms with Crippen LogP contribution < -0.4 is 4.74 Å². The maximum atomic E-state index is 12.2. The lowest BCUT2D eigenvalue weighted by Gasteiger charge is -2.36. The van der Waals surface area contributed by atoms with Crippen LogP contribution in [0.5, 0.6) is 5.75 Å². The van der Waals surface area contributed by atoms with Crippen molar-refractivity contribution in [2.24, 2.45) is 0 Å². The van der Waals surface area contributed by atoms with Crippen LogP contribution in [0.4, 0.5) is 4.79 Å². The molecule has 3 rings (SSSR count). The molecule has 1 amide bonds. The minimum atomic E-state index is -0.607. The van der Waals surface area contributed by atoms with Crippen molar-refractivity contribution in [3.8, 4) is 5.75 Å². The summed E-state index contributed by atoms with van der Waals surface area (Å²) in [4.78, 5) is 13.8. The van der Waals surface area contributed by atoms with Gasteiger partial charge in [-0.25, -0.2) is 4.79 Å². The molecule has 2 unspecified atom stereocenters. The molecule has 2 aromatic rings. The average Bonchev–Trinajstić information content (AvgIpc) is 2.71. The summed E-state index contributed by atoms with van der Waals surface area (Å²) in [6.07, 6.45) is 1.70. The van der Waals surface area contributed by atoms with Gasteiger partial charge in [0.05, 0.1) is 19.3 Å². The Morgan fingerprint density at radius 1 is 1.10 bits per heavy atom. The molecule has 2 aromatic carbocycles. The van der Waals surface area contributed by atoms with Gasteiger partial charge in [-0.1, -0.05) is 42.5 Å². The fourth-order valence-corrected chi connectivity index (χ4v) is 3.73. The SMILES string of the molecule is CC(C)(C)OC(=O)N1CCC(c2ccc(OCCCc3ccccc3)cc2)C(O)C1. The Hall–Kier alpha value is -2.53. The van der Waals surface area contributed by atoms with Gasteiger partial charge in [0.15, 0.2) is 0 Å². The van der Waals surface area contributed by atoms with Crippen molar-refractivity contribution in [2.45, 2.75) is 57.7 Å². The minimum absolute atomic E-state index is 0.0100. The number of carbonyl (C=O) groups excluding carboxylic acids is 1. The minimum Gasteiger partial charge on any atom is -0.494 e. The number of nitrogens with zero attached hydrogens (tertiary/aromatic N) is 1. The van der Waals surface area contributed by atoms with Crippen LogP contribution >= 0.6 is 0 Å². The lowest BCUT2D eigenvalue weighted by atomic mass is 9.87. The molecule has 1 aliphatic rings. The Morgan fingerprint density at radius 2 is 1.80 bits per heavy atom. The van der Waals surface area contributed by atoms with E-state index in [0.29, 0.717) is 19.6 Å². The van der Waals surface area contributed by atoms with E-state index in [1.165, 1.54) is 5.56 Å². The summed E-state index contributed by atoms with van der Waals surface area (Å²) < 4.78 is 11.3. The predicted octanol–water partition coefficient (Wildman–Crippen LogP) is 4.78. The lowest BCUT2D eigenvalue weighted by Crippen LogP contribution is -2.47. The molecule has 0 aliphatic carbocycles. The molecule has 0 bridgehead atoms. The van der Waals surface area contributed by atoms with E-state index in [1.807, 2.05) is 51.1 Å². The summed E-state index contributed by atoms with van der Waals surface area (Å²) >= 11 is 0. The number of aliphatic hydroxyl groups is 1. The Labute approximate surface area is 179 Å². The van der Waals surface area contributed by atoms with Crippen LogP contribution in [0.3, 0.4) is 0 Å². The van der Waals surface area contributed by atoms with Gasteiger partial charge in [0.1, 0.15) is 11.4 Å². The maximum Gasteiger partial charge on any atom is 0.410 e. The third-order valence-electron chi connectivity index (χ3n) is 5.26. The van der Waals surface area contributed by atoms with Crippen molar-refractivity contribution < 1.29 is 19.4 Å². The number of hydrogen-bond acceptors (Lipinski definition) is 4. The lowest BCUT2D eigenvalue weighted by molar-refractivity contribution is -0.00152. The Kier molecular flexibility index (Phi) is 7.38. The van der Waals surface area contributed by atoms with E-state index < -0.39 is 11.7 Å². The maximum absolute atomic E-state index is 12.2. The van der Waals surface area contributed by atoms with E-state index >= 15 is 0 Å². The fourth-order valence-electron chi connectivity index (χ4n) is 3.73. The molecule has 1 heterocycles.